The zero-order valence-corrected chi connectivity index (χ0v) is 10.1. The number of nitrogens with zero attached hydrogens (tertiary/aromatic N) is 1. The van der Waals surface area contributed by atoms with Crippen molar-refractivity contribution in [1.82, 2.24) is 0 Å². The van der Waals surface area contributed by atoms with Crippen molar-refractivity contribution in [2.24, 2.45) is 0 Å². The van der Waals surface area contributed by atoms with E-state index in [1.807, 2.05) is 6.07 Å². The van der Waals surface area contributed by atoms with E-state index in [0.29, 0.717) is 12.2 Å². The molecule has 0 N–H and O–H groups in total. The van der Waals surface area contributed by atoms with Gasteiger partial charge in [-0.15, -0.1) is 0 Å². The van der Waals surface area contributed by atoms with Crippen LogP contribution in [0.25, 0.3) is 0 Å². The summed E-state index contributed by atoms with van der Waals surface area (Å²) in [4.78, 5) is 0.256. The second-order valence-corrected chi connectivity index (χ2v) is 6.09. The normalized spacial score (nSPS) is 20.1. The van der Waals surface area contributed by atoms with Gasteiger partial charge in [0, 0.05) is 6.61 Å². The maximum atomic E-state index is 12.0. The van der Waals surface area contributed by atoms with Gasteiger partial charge in [-0.3, -0.25) is 0 Å². The van der Waals surface area contributed by atoms with E-state index < -0.39 is 9.84 Å². The Balaban J connectivity index is 2.16. The fraction of sp³-hybridized carbons (Fsp3) is 0.417. The zero-order chi connectivity index (χ0) is 12.3. The van der Waals surface area contributed by atoms with Crippen LogP contribution in [-0.2, 0) is 14.6 Å². The molecule has 1 aromatic rings. The summed E-state index contributed by atoms with van der Waals surface area (Å²) in [5.41, 5.74) is 0.459. The van der Waals surface area contributed by atoms with Gasteiger partial charge in [-0.2, -0.15) is 5.26 Å². The summed E-state index contributed by atoms with van der Waals surface area (Å²) in [5.74, 6) is 0.0267. The average Bonchev–Trinajstić information content (AvgIpc) is 2.81. The molecule has 0 spiro atoms. The van der Waals surface area contributed by atoms with Crippen molar-refractivity contribution in [3.8, 4) is 6.07 Å². The minimum atomic E-state index is -3.30. The monoisotopic (exact) mass is 251 g/mol. The molecule has 0 amide bonds. The number of nitriles is 1. The molecule has 4 nitrogen and oxygen atoms in total. The fourth-order valence-corrected chi connectivity index (χ4v) is 3.35. The summed E-state index contributed by atoms with van der Waals surface area (Å²) in [7, 11) is -3.30. The van der Waals surface area contributed by atoms with Crippen molar-refractivity contribution in [3.63, 3.8) is 0 Å². The van der Waals surface area contributed by atoms with Crippen molar-refractivity contribution >= 4 is 9.84 Å². The first-order valence-electron chi connectivity index (χ1n) is 5.46. The molecule has 1 fully saturated rings. The van der Waals surface area contributed by atoms with Gasteiger partial charge in [0.1, 0.15) is 0 Å². The predicted octanol–water partition coefficient (Wildman–Crippen LogP) is 1.51. The SMILES string of the molecule is N#Cc1ccc(S(=O)(=O)CC2CCCO2)cc1. The van der Waals surface area contributed by atoms with E-state index in [0.717, 1.165) is 12.8 Å². The van der Waals surface area contributed by atoms with E-state index in [9.17, 15) is 8.42 Å². The van der Waals surface area contributed by atoms with Crippen LogP contribution in [0.15, 0.2) is 29.2 Å². The van der Waals surface area contributed by atoms with Gasteiger partial charge < -0.3 is 4.74 Å². The molecule has 1 aliphatic heterocycles. The van der Waals surface area contributed by atoms with Gasteiger partial charge in [0.25, 0.3) is 0 Å². The maximum absolute atomic E-state index is 12.0. The van der Waals surface area contributed by atoms with Crippen LogP contribution in [0, 0.1) is 11.3 Å². The van der Waals surface area contributed by atoms with E-state index in [1.165, 1.54) is 24.3 Å². The molecule has 0 aromatic heterocycles. The van der Waals surface area contributed by atoms with E-state index in [-0.39, 0.29) is 16.8 Å². The first-order chi connectivity index (χ1) is 8.12. The van der Waals surface area contributed by atoms with E-state index in [4.69, 9.17) is 10.00 Å². The van der Waals surface area contributed by atoms with Crippen molar-refractivity contribution < 1.29 is 13.2 Å². The molecule has 17 heavy (non-hydrogen) atoms. The Bertz CT molecular complexity index is 522. The number of benzene rings is 1. The largest absolute Gasteiger partial charge is 0.377 e. The molecule has 1 aromatic carbocycles. The van der Waals surface area contributed by atoms with Gasteiger partial charge in [-0.05, 0) is 37.1 Å². The highest BCUT2D eigenvalue weighted by Gasteiger charge is 2.24. The van der Waals surface area contributed by atoms with Crippen LogP contribution in [0.1, 0.15) is 18.4 Å². The third-order valence-electron chi connectivity index (χ3n) is 2.77. The third-order valence-corrected chi connectivity index (χ3v) is 4.57. The lowest BCUT2D eigenvalue weighted by Crippen LogP contribution is -2.20. The highest BCUT2D eigenvalue weighted by molar-refractivity contribution is 7.91. The van der Waals surface area contributed by atoms with Crippen LogP contribution in [0.3, 0.4) is 0 Å². The molecule has 90 valence electrons. The summed E-state index contributed by atoms with van der Waals surface area (Å²) in [6, 6.07) is 7.94. The highest BCUT2D eigenvalue weighted by Crippen LogP contribution is 2.19. The lowest BCUT2D eigenvalue weighted by atomic mass is 10.2. The van der Waals surface area contributed by atoms with Crippen molar-refractivity contribution in [2.75, 3.05) is 12.4 Å². The van der Waals surface area contributed by atoms with E-state index in [1.54, 1.807) is 0 Å². The second kappa shape index (κ2) is 4.86. The fourth-order valence-electron chi connectivity index (χ4n) is 1.85. The van der Waals surface area contributed by atoms with E-state index in [2.05, 4.69) is 0 Å². The Morgan fingerprint density at radius 2 is 2.06 bits per heavy atom. The molecule has 1 aliphatic rings. The zero-order valence-electron chi connectivity index (χ0n) is 9.30. The molecule has 1 unspecified atom stereocenters. The Labute approximate surface area is 101 Å². The van der Waals surface area contributed by atoms with Crippen LogP contribution in [0.4, 0.5) is 0 Å². The first kappa shape index (κ1) is 12.1. The molecule has 1 saturated heterocycles. The lowest BCUT2D eigenvalue weighted by molar-refractivity contribution is 0.127. The first-order valence-corrected chi connectivity index (χ1v) is 7.11. The predicted molar refractivity (Wildman–Crippen MR) is 62.2 cm³/mol. The summed E-state index contributed by atoms with van der Waals surface area (Å²) in [5, 5.41) is 8.64. The number of sulfone groups is 1. The van der Waals surface area contributed by atoms with Crippen LogP contribution in [0.2, 0.25) is 0 Å². The quantitative estimate of drug-likeness (QED) is 0.816. The average molecular weight is 251 g/mol. The molecule has 0 radical (unpaired) electrons. The Hall–Kier alpha value is -1.38. The molecule has 2 rings (SSSR count). The van der Waals surface area contributed by atoms with Crippen molar-refractivity contribution in [1.29, 1.82) is 5.26 Å². The topological polar surface area (TPSA) is 67.2 Å². The number of hydrogen-bond donors (Lipinski definition) is 0. The summed E-state index contributed by atoms with van der Waals surface area (Å²) in [6.45, 7) is 0.646. The molecular formula is C12H13NO3S. The summed E-state index contributed by atoms with van der Waals surface area (Å²) >= 11 is 0. The maximum Gasteiger partial charge on any atom is 0.180 e. The lowest BCUT2D eigenvalue weighted by Gasteiger charge is -2.10. The van der Waals surface area contributed by atoms with Crippen LogP contribution < -0.4 is 0 Å². The third kappa shape index (κ3) is 2.84. The number of ether oxygens (including phenoxy) is 1. The molecule has 5 heteroatoms. The molecule has 0 aliphatic carbocycles. The van der Waals surface area contributed by atoms with Gasteiger partial charge in [0.2, 0.25) is 0 Å². The minimum absolute atomic E-state index is 0.0267. The van der Waals surface area contributed by atoms with Crippen molar-refractivity contribution in [2.45, 2.75) is 23.8 Å². The van der Waals surface area contributed by atoms with Gasteiger partial charge >= 0.3 is 0 Å². The van der Waals surface area contributed by atoms with Gasteiger partial charge in [0.15, 0.2) is 9.84 Å². The van der Waals surface area contributed by atoms with Gasteiger partial charge in [-0.25, -0.2) is 8.42 Å². The summed E-state index contributed by atoms with van der Waals surface area (Å²) < 4.78 is 29.4. The van der Waals surface area contributed by atoms with Crippen LogP contribution in [-0.4, -0.2) is 26.9 Å². The number of hydrogen-bond acceptors (Lipinski definition) is 4. The Morgan fingerprint density at radius 3 is 2.59 bits per heavy atom. The second-order valence-electron chi connectivity index (χ2n) is 4.05. The Kier molecular flexibility index (Phi) is 3.46. The minimum Gasteiger partial charge on any atom is -0.377 e. The van der Waals surface area contributed by atoms with Crippen molar-refractivity contribution in [3.05, 3.63) is 29.8 Å². The molecule has 0 saturated carbocycles. The standard InChI is InChI=1S/C12H13NO3S/c13-8-10-3-5-12(6-4-10)17(14,15)9-11-2-1-7-16-11/h3-6,11H,1-2,7,9H2. The molecule has 1 heterocycles. The van der Waals surface area contributed by atoms with Gasteiger partial charge in [0.05, 0.1) is 28.4 Å². The highest BCUT2D eigenvalue weighted by atomic mass is 32.2. The van der Waals surface area contributed by atoms with Crippen LogP contribution in [0.5, 0.6) is 0 Å². The Morgan fingerprint density at radius 1 is 1.35 bits per heavy atom. The van der Waals surface area contributed by atoms with E-state index >= 15 is 0 Å². The molecule has 1 atom stereocenters. The summed E-state index contributed by atoms with van der Waals surface area (Å²) in [6.07, 6.45) is 1.54. The smallest absolute Gasteiger partial charge is 0.180 e. The number of rotatable bonds is 3. The van der Waals surface area contributed by atoms with Gasteiger partial charge in [-0.1, -0.05) is 0 Å². The van der Waals surface area contributed by atoms with Crippen LogP contribution >= 0.6 is 0 Å². The molecule has 0 bridgehead atoms. The molecular weight excluding hydrogens is 238 g/mol.